The largest absolute Gasteiger partial charge is 0.360 e. The molecule has 0 radical (unpaired) electrons. The molecule has 3 N–H and O–H groups in total. The third-order valence-corrected chi connectivity index (χ3v) is 7.70. The SMILES string of the molecule is Cc1noc(C)c1S(=O)(=O)Nc1ccc2cc(C(=O)Nc3ccc(Br)cc3-c3nn[nH]n3)n(C)c2c1. The lowest BCUT2D eigenvalue weighted by atomic mass is 10.1. The van der Waals surface area contributed by atoms with Gasteiger partial charge in [-0.3, -0.25) is 9.52 Å². The molecule has 184 valence electrons. The van der Waals surface area contributed by atoms with Crippen LogP contribution in [0.5, 0.6) is 0 Å². The average Bonchev–Trinajstić information content (AvgIpc) is 3.55. The van der Waals surface area contributed by atoms with Crippen molar-refractivity contribution in [3.63, 3.8) is 0 Å². The highest BCUT2D eigenvalue weighted by Gasteiger charge is 2.25. The van der Waals surface area contributed by atoms with Crippen LogP contribution in [0.4, 0.5) is 11.4 Å². The minimum atomic E-state index is -3.91. The summed E-state index contributed by atoms with van der Waals surface area (Å²) in [6, 6.07) is 12.1. The zero-order valence-corrected chi connectivity index (χ0v) is 21.6. The molecule has 3 aromatic heterocycles. The van der Waals surface area contributed by atoms with Crippen molar-refractivity contribution in [3.05, 3.63) is 64.1 Å². The summed E-state index contributed by atoms with van der Waals surface area (Å²) in [4.78, 5) is 13.2. The van der Waals surface area contributed by atoms with Gasteiger partial charge in [-0.25, -0.2) is 8.42 Å². The monoisotopic (exact) mass is 570 g/mol. The first-order chi connectivity index (χ1) is 17.1. The Bertz CT molecular complexity index is 1700. The van der Waals surface area contributed by atoms with Gasteiger partial charge in [0.25, 0.3) is 15.9 Å². The summed E-state index contributed by atoms with van der Waals surface area (Å²) in [6.07, 6.45) is 0. The summed E-state index contributed by atoms with van der Waals surface area (Å²) in [5.74, 6) is 0.171. The Morgan fingerprint density at radius 1 is 1.14 bits per heavy atom. The Balaban J connectivity index is 1.45. The van der Waals surface area contributed by atoms with Gasteiger partial charge in [-0.1, -0.05) is 27.2 Å². The number of nitrogens with zero attached hydrogens (tertiary/aromatic N) is 5. The van der Waals surface area contributed by atoms with E-state index in [1.165, 1.54) is 6.92 Å². The zero-order chi connectivity index (χ0) is 25.6. The van der Waals surface area contributed by atoms with Gasteiger partial charge in [0.2, 0.25) is 5.82 Å². The molecule has 2 aromatic carbocycles. The van der Waals surface area contributed by atoms with Crippen molar-refractivity contribution < 1.29 is 17.7 Å². The van der Waals surface area contributed by atoms with E-state index in [2.05, 4.69) is 51.7 Å². The van der Waals surface area contributed by atoms with E-state index in [0.29, 0.717) is 34.0 Å². The van der Waals surface area contributed by atoms with Crippen LogP contribution in [-0.4, -0.2) is 44.7 Å². The molecule has 0 saturated carbocycles. The van der Waals surface area contributed by atoms with Gasteiger partial charge in [-0.05, 0) is 55.5 Å². The zero-order valence-electron chi connectivity index (χ0n) is 19.2. The normalized spacial score (nSPS) is 11.7. The number of sulfonamides is 1. The molecule has 5 aromatic rings. The Morgan fingerprint density at radius 2 is 1.94 bits per heavy atom. The van der Waals surface area contributed by atoms with Crippen molar-refractivity contribution in [3.8, 4) is 11.4 Å². The maximum absolute atomic E-state index is 13.2. The van der Waals surface area contributed by atoms with Gasteiger partial charge in [-0.2, -0.15) is 5.21 Å². The van der Waals surface area contributed by atoms with Crippen molar-refractivity contribution in [2.45, 2.75) is 18.7 Å². The Hall–Kier alpha value is -4.04. The quantitative estimate of drug-likeness (QED) is 0.278. The second kappa shape index (κ2) is 8.87. The Morgan fingerprint density at radius 3 is 2.64 bits per heavy atom. The van der Waals surface area contributed by atoms with E-state index in [4.69, 9.17) is 4.52 Å². The lowest BCUT2D eigenvalue weighted by molar-refractivity contribution is 0.101. The van der Waals surface area contributed by atoms with E-state index in [9.17, 15) is 13.2 Å². The van der Waals surface area contributed by atoms with E-state index in [1.807, 2.05) is 0 Å². The molecule has 0 atom stereocenters. The standard InChI is InChI=1S/C22H19BrN8O4S/c1-11-20(12(2)35-27-11)36(33,34)28-15-6-4-13-8-19(31(3)18(13)10-15)22(32)24-17-7-5-14(23)9-16(17)21-25-29-30-26-21/h4-10,28H,1-3H3,(H,24,32)(H,25,26,29,30). The topological polar surface area (TPSA) is 161 Å². The number of tetrazole rings is 1. The molecule has 0 bridgehead atoms. The fourth-order valence-electron chi connectivity index (χ4n) is 3.95. The van der Waals surface area contributed by atoms with E-state index >= 15 is 0 Å². The number of aromatic nitrogens is 6. The van der Waals surface area contributed by atoms with Crippen LogP contribution in [0.15, 0.2) is 56.4 Å². The highest BCUT2D eigenvalue weighted by atomic mass is 79.9. The molecular formula is C22H19BrN8O4S. The molecule has 0 saturated heterocycles. The van der Waals surface area contributed by atoms with Crippen LogP contribution in [0.2, 0.25) is 0 Å². The number of hydrogen-bond donors (Lipinski definition) is 3. The van der Waals surface area contributed by atoms with Gasteiger partial charge in [0.15, 0.2) is 10.7 Å². The van der Waals surface area contributed by atoms with Gasteiger partial charge in [0.1, 0.15) is 11.4 Å². The number of carbonyl (C=O) groups excluding carboxylic acids is 1. The number of amides is 1. The molecule has 36 heavy (non-hydrogen) atoms. The van der Waals surface area contributed by atoms with E-state index in [1.54, 1.807) is 61.0 Å². The van der Waals surface area contributed by atoms with Crippen LogP contribution in [0, 0.1) is 13.8 Å². The van der Waals surface area contributed by atoms with E-state index in [0.717, 1.165) is 9.86 Å². The average molecular weight is 571 g/mol. The maximum Gasteiger partial charge on any atom is 0.272 e. The Kier molecular flexibility index (Phi) is 5.84. The number of hydrogen-bond acceptors (Lipinski definition) is 8. The predicted octanol–water partition coefficient (Wildman–Crippen LogP) is 3.78. The summed E-state index contributed by atoms with van der Waals surface area (Å²) in [5.41, 5.74) is 2.73. The third-order valence-electron chi connectivity index (χ3n) is 5.58. The molecule has 12 nitrogen and oxygen atoms in total. The summed E-state index contributed by atoms with van der Waals surface area (Å²) in [6.45, 7) is 3.10. The van der Waals surface area contributed by atoms with Crippen molar-refractivity contribution in [1.82, 2.24) is 30.3 Å². The summed E-state index contributed by atoms with van der Waals surface area (Å²) >= 11 is 3.42. The van der Waals surface area contributed by atoms with Crippen LogP contribution in [0.3, 0.4) is 0 Å². The first-order valence-corrected chi connectivity index (χ1v) is 12.8. The van der Waals surface area contributed by atoms with Crippen molar-refractivity contribution in [2.24, 2.45) is 7.05 Å². The molecule has 0 spiro atoms. The molecule has 0 aliphatic rings. The number of nitrogens with one attached hydrogen (secondary N) is 3. The highest BCUT2D eigenvalue weighted by Crippen LogP contribution is 2.30. The molecule has 14 heteroatoms. The van der Waals surface area contributed by atoms with E-state index in [-0.39, 0.29) is 22.3 Å². The number of carbonyl (C=O) groups is 1. The molecule has 0 aliphatic carbocycles. The van der Waals surface area contributed by atoms with Gasteiger partial charge in [-0.15, -0.1) is 10.2 Å². The summed E-state index contributed by atoms with van der Waals surface area (Å²) in [7, 11) is -2.18. The Labute approximate surface area is 213 Å². The molecule has 0 aliphatic heterocycles. The first kappa shape index (κ1) is 23.7. The summed E-state index contributed by atoms with van der Waals surface area (Å²) < 4.78 is 35.8. The van der Waals surface area contributed by atoms with Gasteiger partial charge < -0.3 is 14.4 Å². The number of aromatic amines is 1. The van der Waals surface area contributed by atoms with Gasteiger partial charge in [0, 0.05) is 22.5 Å². The van der Waals surface area contributed by atoms with Crippen LogP contribution < -0.4 is 10.0 Å². The molecule has 5 rings (SSSR count). The highest BCUT2D eigenvalue weighted by molar-refractivity contribution is 9.10. The smallest absolute Gasteiger partial charge is 0.272 e. The second-order valence-corrected chi connectivity index (χ2v) is 10.5. The van der Waals surface area contributed by atoms with Crippen LogP contribution >= 0.6 is 15.9 Å². The third kappa shape index (κ3) is 4.24. The summed E-state index contributed by atoms with van der Waals surface area (Å²) in [5, 5.41) is 21.4. The fraction of sp³-hybridized carbons (Fsp3) is 0.136. The van der Waals surface area contributed by atoms with Gasteiger partial charge in [0.05, 0.1) is 16.9 Å². The van der Waals surface area contributed by atoms with Crippen LogP contribution in [0.1, 0.15) is 21.9 Å². The number of benzene rings is 2. The molecule has 0 unspecified atom stereocenters. The molecule has 3 heterocycles. The number of halogens is 1. The maximum atomic E-state index is 13.2. The fourth-order valence-corrected chi connectivity index (χ4v) is 5.69. The lowest BCUT2D eigenvalue weighted by Gasteiger charge is -2.11. The lowest BCUT2D eigenvalue weighted by Crippen LogP contribution is -2.16. The number of anilines is 2. The molecular weight excluding hydrogens is 552 g/mol. The van der Waals surface area contributed by atoms with Crippen molar-refractivity contribution in [2.75, 3.05) is 10.0 Å². The van der Waals surface area contributed by atoms with Crippen molar-refractivity contribution in [1.29, 1.82) is 0 Å². The predicted molar refractivity (Wildman–Crippen MR) is 135 cm³/mol. The minimum absolute atomic E-state index is 0.00134. The number of aryl methyl sites for hydroxylation is 3. The second-order valence-electron chi connectivity index (χ2n) is 8.00. The van der Waals surface area contributed by atoms with Crippen LogP contribution in [-0.2, 0) is 17.1 Å². The molecule has 0 fully saturated rings. The van der Waals surface area contributed by atoms with Gasteiger partial charge >= 0.3 is 0 Å². The number of fused-ring (bicyclic) bond motifs is 1. The number of H-pyrrole nitrogens is 1. The van der Waals surface area contributed by atoms with Crippen molar-refractivity contribution >= 4 is 54.1 Å². The first-order valence-electron chi connectivity index (χ1n) is 10.5. The van der Waals surface area contributed by atoms with Crippen LogP contribution in [0.25, 0.3) is 22.3 Å². The molecule has 1 amide bonds. The minimum Gasteiger partial charge on any atom is -0.360 e. The van der Waals surface area contributed by atoms with E-state index < -0.39 is 10.0 Å². The number of rotatable bonds is 6.